The van der Waals surface area contributed by atoms with Crippen LogP contribution in [0.1, 0.15) is 17.7 Å². The Morgan fingerprint density at radius 3 is 2.81 bits per heavy atom. The van der Waals surface area contributed by atoms with Crippen LogP contribution < -0.4 is 10.0 Å². The first-order chi connectivity index (χ1) is 10.1. The van der Waals surface area contributed by atoms with Crippen LogP contribution in [0.25, 0.3) is 0 Å². The summed E-state index contributed by atoms with van der Waals surface area (Å²) in [4.78, 5) is 1.04. The summed E-state index contributed by atoms with van der Waals surface area (Å²) in [6.45, 7) is 2.32. The Balaban J connectivity index is 1.73. The Labute approximate surface area is 129 Å². The van der Waals surface area contributed by atoms with Crippen LogP contribution in [0.2, 0.25) is 0 Å². The Morgan fingerprint density at radius 2 is 2.10 bits per heavy atom. The zero-order chi connectivity index (χ0) is 15.1. The molecule has 0 atom stereocenters. The van der Waals surface area contributed by atoms with Crippen molar-refractivity contribution in [1.82, 2.24) is 10.0 Å². The van der Waals surface area contributed by atoms with E-state index in [1.165, 1.54) is 24.2 Å². The van der Waals surface area contributed by atoms with Crippen LogP contribution >= 0.6 is 11.3 Å². The summed E-state index contributed by atoms with van der Waals surface area (Å²) >= 11 is 1.31. The zero-order valence-electron chi connectivity index (χ0n) is 12.1. The van der Waals surface area contributed by atoms with E-state index in [2.05, 4.69) is 10.0 Å². The molecule has 1 aliphatic carbocycles. The predicted octanol–water partition coefficient (Wildman–Crippen LogP) is 0.941. The average Bonchev–Trinajstić information content (AvgIpc) is 3.16. The van der Waals surface area contributed by atoms with Crippen molar-refractivity contribution in [3.8, 4) is 0 Å². The molecule has 2 rings (SSSR count). The fraction of sp³-hybridized carbons (Fsp3) is 0.692. The van der Waals surface area contributed by atoms with Gasteiger partial charge in [-0.1, -0.05) is 0 Å². The molecule has 0 spiro atoms. The molecular formula is C13H22N2O4S2. The lowest BCUT2D eigenvalue weighted by Crippen LogP contribution is -2.27. The Morgan fingerprint density at radius 1 is 1.29 bits per heavy atom. The number of nitrogens with one attached hydrogen (secondary N) is 2. The molecule has 1 aromatic rings. The number of rotatable bonds is 11. The van der Waals surface area contributed by atoms with Gasteiger partial charge in [0.1, 0.15) is 4.21 Å². The van der Waals surface area contributed by atoms with E-state index in [0.717, 1.165) is 11.4 Å². The highest BCUT2D eigenvalue weighted by Gasteiger charge is 2.21. The maximum absolute atomic E-state index is 12.1. The molecule has 2 N–H and O–H groups in total. The van der Waals surface area contributed by atoms with Gasteiger partial charge < -0.3 is 14.8 Å². The van der Waals surface area contributed by atoms with Gasteiger partial charge in [0.2, 0.25) is 10.0 Å². The van der Waals surface area contributed by atoms with Crippen molar-refractivity contribution >= 4 is 21.4 Å². The molecular weight excluding hydrogens is 312 g/mol. The summed E-state index contributed by atoms with van der Waals surface area (Å²) in [5.41, 5.74) is 0. The highest BCUT2D eigenvalue weighted by Crippen LogP contribution is 2.23. The molecule has 0 saturated heterocycles. The minimum absolute atomic E-state index is 0.263. The monoisotopic (exact) mass is 334 g/mol. The van der Waals surface area contributed by atoms with Crippen molar-refractivity contribution in [2.45, 2.75) is 29.6 Å². The van der Waals surface area contributed by atoms with Gasteiger partial charge in [-0.3, -0.25) is 0 Å². The summed E-state index contributed by atoms with van der Waals surface area (Å²) in [6, 6.07) is 4.14. The molecule has 6 nitrogen and oxygen atoms in total. The molecule has 1 heterocycles. The third-order valence-electron chi connectivity index (χ3n) is 3.01. The van der Waals surface area contributed by atoms with Crippen LogP contribution in [-0.4, -0.2) is 47.9 Å². The van der Waals surface area contributed by atoms with E-state index < -0.39 is 10.0 Å². The molecule has 120 valence electrons. The maximum atomic E-state index is 12.1. The largest absolute Gasteiger partial charge is 0.382 e. The third kappa shape index (κ3) is 6.01. The van der Waals surface area contributed by atoms with E-state index in [1.54, 1.807) is 13.2 Å². The van der Waals surface area contributed by atoms with Crippen molar-refractivity contribution in [1.29, 1.82) is 0 Å². The van der Waals surface area contributed by atoms with Crippen LogP contribution in [-0.2, 0) is 26.0 Å². The number of hydrogen-bond acceptors (Lipinski definition) is 6. The summed E-state index contributed by atoms with van der Waals surface area (Å²) in [7, 11) is -1.83. The number of hydrogen-bond donors (Lipinski definition) is 2. The number of sulfonamides is 1. The molecule has 1 aliphatic rings. The van der Waals surface area contributed by atoms with Crippen LogP contribution in [0.4, 0.5) is 0 Å². The quantitative estimate of drug-likeness (QED) is 0.589. The summed E-state index contributed by atoms with van der Waals surface area (Å²) in [5.74, 6) is 0. The second-order valence-electron chi connectivity index (χ2n) is 4.88. The number of thiophene rings is 1. The van der Waals surface area contributed by atoms with E-state index in [4.69, 9.17) is 9.47 Å². The molecule has 0 aliphatic heterocycles. The molecule has 0 radical (unpaired) electrons. The smallest absolute Gasteiger partial charge is 0.250 e. The van der Waals surface area contributed by atoms with Crippen molar-refractivity contribution < 1.29 is 17.9 Å². The maximum Gasteiger partial charge on any atom is 0.250 e. The molecule has 8 heteroatoms. The van der Waals surface area contributed by atoms with E-state index in [-0.39, 0.29) is 6.54 Å². The minimum Gasteiger partial charge on any atom is -0.382 e. The minimum atomic E-state index is -3.43. The molecule has 1 saturated carbocycles. The fourth-order valence-electron chi connectivity index (χ4n) is 1.69. The second-order valence-corrected chi connectivity index (χ2v) is 8.04. The first-order valence-corrected chi connectivity index (χ1v) is 9.30. The second kappa shape index (κ2) is 8.21. The SMILES string of the molecule is COCCOCCNS(=O)(=O)c1ccc(CNC2CC2)s1. The molecule has 1 fully saturated rings. The topological polar surface area (TPSA) is 76.7 Å². The first kappa shape index (κ1) is 16.9. The van der Waals surface area contributed by atoms with Crippen LogP contribution in [0.3, 0.4) is 0 Å². The third-order valence-corrected chi connectivity index (χ3v) is 6.05. The van der Waals surface area contributed by atoms with Crippen molar-refractivity contribution in [3.63, 3.8) is 0 Å². The molecule has 0 aromatic carbocycles. The first-order valence-electron chi connectivity index (χ1n) is 7.00. The molecule has 21 heavy (non-hydrogen) atoms. The highest BCUT2D eigenvalue weighted by atomic mass is 32.2. The van der Waals surface area contributed by atoms with Crippen molar-refractivity contribution in [2.24, 2.45) is 0 Å². The van der Waals surface area contributed by atoms with Gasteiger partial charge in [0.25, 0.3) is 0 Å². The normalized spacial score (nSPS) is 15.5. The highest BCUT2D eigenvalue weighted by molar-refractivity contribution is 7.91. The standard InChI is InChI=1S/C13H22N2O4S2/c1-18-8-9-19-7-6-15-21(16,17)13-5-4-12(20-13)10-14-11-2-3-11/h4-5,11,14-15H,2-3,6-10H2,1H3. The van der Waals surface area contributed by atoms with Crippen LogP contribution in [0.5, 0.6) is 0 Å². The van der Waals surface area contributed by atoms with Gasteiger partial charge in [0.05, 0.1) is 19.8 Å². The van der Waals surface area contributed by atoms with Crippen LogP contribution in [0, 0.1) is 0 Å². The Kier molecular flexibility index (Phi) is 6.59. The van der Waals surface area contributed by atoms with Gasteiger partial charge >= 0.3 is 0 Å². The summed E-state index contributed by atoms with van der Waals surface area (Å²) in [6.07, 6.45) is 2.45. The summed E-state index contributed by atoms with van der Waals surface area (Å²) < 4.78 is 37.1. The van der Waals surface area contributed by atoms with Crippen molar-refractivity contribution in [3.05, 3.63) is 17.0 Å². The lowest BCUT2D eigenvalue weighted by atomic mass is 10.4. The average molecular weight is 334 g/mol. The van der Waals surface area contributed by atoms with E-state index in [0.29, 0.717) is 30.1 Å². The van der Waals surface area contributed by atoms with Gasteiger partial charge in [-0.2, -0.15) is 0 Å². The number of ether oxygens (including phenoxy) is 2. The van der Waals surface area contributed by atoms with Crippen LogP contribution in [0.15, 0.2) is 16.3 Å². The zero-order valence-corrected chi connectivity index (χ0v) is 13.8. The molecule has 0 amide bonds. The van der Waals surface area contributed by atoms with E-state index in [1.807, 2.05) is 6.07 Å². The molecule has 0 unspecified atom stereocenters. The van der Waals surface area contributed by atoms with E-state index >= 15 is 0 Å². The summed E-state index contributed by atoms with van der Waals surface area (Å²) in [5, 5.41) is 3.37. The van der Waals surface area contributed by atoms with Gasteiger partial charge in [-0.15, -0.1) is 11.3 Å². The van der Waals surface area contributed by atoms with Gasteiger partial charge in [0.15, 0.2) is 0 Å². The lowest BCUT2D eigenvalue weighted by molar-refractivity contribution is 0.0736. The Hall–Kier alpha value is -0.510. The molecule has 1 aromatic heterocycles. The number of methoxy groups -OCH3 is 1. The lowest BCUT2D eigenvalue weighted by Gasteiger charge is -2.05. The fourth-order valence-corrected chi connectivity index (χ4v) is 4.06. The van der Waals surface area contributed by atoms with Gasteiger partial charge in [0, 0.05) is 31.1 Å². The Bertz CT molecular complexity index is 526. The van der Waals surface area contributed by atoms with E-state index in [9.17, 15) is 8.42 Å². The molecule has 0 bridgehead atoms. The predicted molar refractivity (Wildman–Crippen MR) is 82.1 cm³/mol. The van der Waals surface area contributed by atoms with Crippen molar-refractivity contribution in [2.75, 3.05) is 33.5 Å². The van der Waals surface area contributed by atoms with Gasteiger partial charge in [-0.05, 0) is 25.0 Å². The van der Waals surface area contributed by atoms with Gasteiger partial charge in [-0.25, -0.2) is 13.1 Å².